The number of nitrogens with one attached hydrogen (secondary N) is 2. The first-order chi connectivity index (χ1) is 9.56. The molecule has 5 heteroatoms. The van der Waals surface area contributed by atoms with Crippen molar-refractivity contribution in [3.05, 3.63) is 48.5 Å². The van der Waals surface area contributed by atoms with Crippen molar-refractivity contribution < 1.29 is 9.90 Å². The SMILES string of the molecule is CN(C)c1ccc(NC(=O)Nc2ccccc2O)cc1. The van der Waals surface area contributed by atoms with E-state index in [0.29, 0.717) is 11.4 Å². The number of rotatable bonds is 3. The van der Waals surface area contributed by atoms with Gasteiger partial charge in [-0.25, -0.2) is 4.79 Å². The number of para-hydroxylation sites is 2. The van der Waals surface area contributed by atoms with Gasteiger partial charge < -0.3 is 20.6 Å². The van der Waals surface area contributed by atoms with E-state index in [1.807, 2.05) is 43.3 Å². The lowest BCUT2D eigenvalue weighted by molar-refractivity contribution is 0.262. The number of hydrogen-bond acceptors (Lipinski definition) is 3. The van der Waals surface area contributed by atoms with Crippen molar-refractivity contribution in [2.45, 2.75) is 0 Å². The van der Waals surface area contributed by atoms with Crippen molar-refractivity contribution in [1.82, 2.24) is 0 Å². The largest absolute Gasteiger partial charge is 0.506 e. The highest BCUT2D eigenvalue weighted by Crippen LogP contribution is 2.22. The normalized spacial score (nSPS) is 9.90. The molecule has 0 saturated carbocycles. The van der Waals surface area contributed by atoms with Gasteiger partial charge in [0.2, 0.25) is 0 Å². The molecule has 0 saturated heterocycles. The molecule has 2 rings (SSSR count). The van der Waals surface area contributed by atoms with Crippen molar-refractivity contribution in [2.24, 2.45) is 0 Å². The van der Waals surface area contributed by atoms with Gasteiger partial charge in [-0.1, -0.05) is 12.1 Å². The lowest BCUT2D eigenvalue weighted by Crippen LogP contribution is -2.19. The highest BCUT2D eigenvalue weighted by atomic mass is 16.3. The molecule has 2 amide bonds. The van der Waals surface area contributed by atoms with Gasteiger partial charge in [-0.15, -0.1) is 0 Å². The van der Waals surface area contributed by atoms with E-state index in [2.05, 4.69) is 10.6 Å². The van der Waals surface area contributed by atoms with E-state index in [9.17, 15) is 9.90 Å². The van der Waals surface area contributed by atoms with Gasteiger partial charge >= 0.3 is 6.03 Å². The summed E-state index contributed by atoms with van der Waals surface area (Å²) in [6, 6.07) is 13.6. The van der Waals surface area contributed by atoms with E-state index in [0.717, 1.165) is 5.69 Å². The maximum atomic E-state index is 11.8. The zero-order chi connectivity index (χ0) is 14.5. The molecule has 3 N–H and O–H groups in total. The quantitative estimate of drug-likeness (QED) is 0.752. The van der Waals surface area contributed by atoms with Crippen LogP contribution in [0.2, 0.25) is 0 Å². The van der Waals surface area contributed by atoms with Crippen molar-refractivity contribution in [3.63, 3.8) is 0 Å². The lowest BCUT2D eigenvalue weighted by atomic mass is 10.2. The van der Waals surface area contributed by atoms with Crippen LogP contribution in [0.15, 0.2) is 48.5 Å². The predicted octanol–water partition coefficient (Wildman–Crippen LogP) is 3.10. The van der Waals surface area contributed by atoms with Gasteiger partial charge in [-0.2, -0.15) is 0 Å². The number of aromatic hydroxyl groups is 1. The number of hydrogen-bond donors (Lipinski definition) is 3. The van der Waals surface area contributed by atoms with Crippen LogP contribution in [0.4, 0.5) is 21.9 Å². The Hall–Kier alpha value is -2.69. The number of carbonyl (C=O) groups is 1. The highest BCUT2D eigenvalue weighted by Gasteiger charge is 2.05. The van der Waals surface area contributed by atoms with Crippen LogP contribution in [0, 0.1) is 0 Å². The van der Waals surface area contributed by atoms with Gasteiger partial charge in [0.25, 0.3) is 0 Å². The Morgan fingerprint density at radius 3 is 2.25 bits per heavy atom. The Labute approximate surface area is 117 Å². The van der Waals surface area contributed by atoms with E-state index >= 15 is 0 Å². The first-order valence-corrected chi connectivity index (χ1v) is 6.19. The van der Waals surface area contributed by atoms with E-state index in [4.69, 9.17) is 0 Å². The standard InChI is InChI=1S/C15H17N3O2/c1-18(2)12-9-7-11(8-10-12)16-15(20)17-13-5-3-4-6-14(13)19/h3-10,19H,1-2H3,(H2,16,17,20). The molecule has 2 aromatic carbocycles. The highest BCUT2D eigenvalue weighted by molar-refractivity contribution is 6.00. The first kappa shape index (κ1) is 13.7. The summed E-state index contributed by atoms with van der Waals surface area (Å²) in [6.45, 7) is 0. The topological polar surface area (TPSA) is 64.6 Å². The number of phenols is 1. The minimum Gasteiger partial charge on any atom is -0.506 e. The van der Waals surface area contributed by atoms with Crippen LogP contribution in [0.25, 0.3) is 0 Å². The average Bonchev–Trinajstić information content (AvgIpc) is 2.42. The summed E-state index contributed by atoms with van der Waals surface area (Å²) in [6.07, 6.45) is 0. The van der Waals surface area contributed by atoms with E-state index < -0.39 is 6.03 Å². The van der Waals surface area contributed by atoms with Crippen molar-refractivity contribution >= 4 is 23.1 Å². The number of phenolic OH excluding ortho intramolecular Hbond substituents is 1. The van der Waals surface area contributed by atoms with Crippen LogP contribution in [0.5, 0.6) is 5.75 Å². The molecule has 0 heterocycles. The zero-order valence-corrected chi connectivity index (χ0v) is 11.4. The fourth-order valence-electron chi connectivity index (χ4n) is 1.71. The molecule has 104 valence electrons. The summed E-state index contributed by atoms with van der Waals surface area (Å²) >= 11 is 0. The molecule has 0 atom stereocenters. The second-order valence-corrected chi connectivity index (χ2v) is 4.54. The van der Waals surface area contributed by atoms with Crippen LogP contribution >= 0.6 is 0 Å². The maximum absolute atomic E-state index is 11.8. The fourth-order valence-corrected chi connectivity index (χ4v) is 1.71. The fraction of sp³-hybridized carbons (Fsp3) is 0.133. The van der Waals surface area contributed by atoms with E-state index in [-0.39, 0.29) is 5.75 Å². The van der Waals surface area contributed by atoms with Gasteiger partial charge in [0.05, 0.1) is 5.69 Å². The van der Waals surface area contributed by atoms with Crippen LogP contribution in [0.1, 0.15) is 0 Å². The molecule has 0 unspecified atom stereocenters. The number of urea groups is 1. The van der Waals surface area contributed by atoms with Crippen molar-refractivity contribution in [1.29, 1.82) is 0 Å². The Balaban J connectivity index is 1.99. The number of amides is 2. The molecule has 0 radical (unpaired) electrons. The number of anilines is 3. The second kappa shape index (κ2) is 5.97. The van der Waals surface area contributed by atoms with Crippen molar-refractivity contribution in [2.75, 3.05) is 29.6 Å². The third-order valence-corrected chi connectivity index (χ3v) is 2.79. The number of carbonyl (C=O) groups excluding carboxylic acids is 1. The molecule has 0 aliphatic carbocycles. The summed E-state index contributed by atoms with van der Waals surface area (Å²) in [7, 11) is 3.90. The first-order valence-electron chi connectivity index (χ1n) is 6.19. The molecule has 2 aromatic rings. The molecule has 5 nitrogen and oxygen atoms in total. The van der Waals surface area contributed by atoms with Gasteiger partial charge in [0, 0.05) is 25.5 Å². The minimum atomic E-state index is -0.399. The Morgan fingerprint density at radius 1 is 1.00 bits per heavy atom. The van der Waals surface area contributed by atoms with Gasteiger partial charge in [-0.3, -0.25) is 0 Å². The second-order valence-electron chi connectivity index (χ2n) is 4.54. The molecule has 0 bridgehead atoms. The zero-order valence-electron chi connectivity index (χ0n) is 11.4. The third-order valence-electron chi connectivity index (χ3n) is 2.79. The van der Waals surface area contributed by atoms with Crippen LogP contribution in [0.3, 0.4) is 0 Å². The van der Waals surface area contributed by atoms with E-state index in [1.165, 1.54) is 6.07 Å². The number of benzene rings is 2. The molecule has 0 aliphatic heterocycles. The summed E-state index contributed by atoms with van der Waals surface area (Å²) in [5, 5.41) is 14.9. The Morgan fingerprint density at radius 2 is 1.65 bits per heavy atom. The third kappa shape index (κ3) is 3.41. The summed E-state index contributed by atoms with van der Waals surface area (Å²) < 4.78 is 0. The van der Waals surface area contributed by atoms with Crippen LogP contribution in [-0.4, -0.2) is 25.2 Å². The van der Waals surface area contributed by atoms with Gasteiger partial charge in [0.15, 0.2) is 0 Å². The molecular formula is C15H17N3O2. The summed E-state index contributed by atoms with van der Waals surface area (Å²) in [4.78, 5) is 13.8. The summed E-state index contributed by atoms with van der Waals surface area (Å²) in [5.41, 5.74) is 2.11. The Bertz CT molecular complexity index is 594. The molecule has 20 heavy (non-hydrogen) atoms. The minimum absolute atomic E-state index is 0.0330. The van der Waals surface area contributed by atoms with Crippen LogP contribution < -0.4 is 15.5 Å². The van der Waals surface area contributed by atoms with Gasteiger partial charge in [-0.05, 0) is 36.4 Å². The molecule has 0 fully saturated rings. The predicted molar refractivity (Wildman–Crippen MR) is 81.5 cm³/mol. The summed E-state index contributed by atoms with van der Waals surface area (Å²) in [5.74, 6) is 0.0330. The van der Waals surface area contributed by atoms with E-state index in [1.54, 1.807) is 18.2 Å². The van der Waals surface area contributed by atoms with Crippen LogP contribution in [-0.2, 0) is 0 Å². The maximum Gasteiger partial charge on any atom is 0.323 e. The monoisotopic (exact) mass is 271 g/mol. The number of nitrogens with zero attached hydrogens (tertiary/aromatic N) is 1. The Kier molecular flexibility index (Phi) is 4.10. The molecule has 0 aromatic heterocycles. The average molecular weight is 271 g/mol. The van der Waals surface area contributed by atoms with Crippen molar-refractivity contribution in [3.8, 4) is 5.75 Å². The molecular weight excluding hydrogens is 254 g/mol. The van der Waals surface area contributed by atoms with Gasteiger partial charge in [0.1, 0.15) is 5.75 Å². The smallest absolute Gasteiger partial charge is 0.323 e. The molecule has 0 spiro atoms. The lowest BCUT2D eigenvalue weighted by Gasteiger charge is -2.13. The molecule has 0 aliphatic rings.